The number of aryl methyl sites for hydroxylation is 1. The van der Waals surface area contributed by atoms with Crippen LogP contribution in [0.5, 0.6) is 0 Å². The summed E-state index contributed by atoms with van der Waals surface area (Å²) in [4.78, 5) is 4.43. The molecule has 5 heteroatoms. The highest BCUT2D eigenvalue weighted by Crippen LogP contribution is 2.19. The molecule has 0 spiro atoms. The highest BCUT2D eigenvalue weighted by Gasteiger charge is 2.03. The monoisotopic (exact) mass is 256 g/mol. The summed E-state index contributed by atoms with van der Waals surface area (Å²) in [5.74, 6) is 0. The van der Waals surface area contributed by atoms with Crippen LogP contribution in [-0.4, -0.2) is 15.2 Å². The third kappa shape index (κ3) is 2.17. The molecule has 0 fully saturated rings. The Morgan fingerprint density at radius 2 is 2.06 bits per heavy atom. The van der Waals surface area contributed by atoms with Crippen molar-refractivity contribution in [1.82, 2.24) is 15.2 Å². The molecule has 0 bridgehead atoms. The molecule has 0 unspecified atom stereocenters. The molecule has 0 amide bonds. The van der Waals surface area contributed by atoms with Crippen molar-refractivity contribution in [3.05, 3.63) is 47.1 Å². The Hall–Kier alpha value is -2.01. The van der Waals surface area contributed by atoms with Gasteiger partial charge >= 0.3 is 0 Å². The topological polar surface area (TPSA) is 50.7 Å². The lowest BCUT2D eigenvalue weighted by molar-refractivity contribution is 1.03. The Morgan fingerprint density at radius 3 is 2.89 bits per heavy atom. The van der Waals surface area contributed by atoms with E-state index in [0.717, 1.165) is 21.0 Å². The predicted molar refractivity (Wildman–Crippen MR) is 73.7 cm³/mol. The second-order valence-corrected chi connectivity index (χ2v) is 5.15. The first kappa shape index (κ1) is 11.1. The second-order valence-electron chi connectivity index (χ2n) is 3.97. The van der Waals surface area contributed by atoms with E-state index in [1.807, 2.05) is 25.3 Å². The van der Waals surface area contributed by atoms with Gasteiger partial charge in [-0.1, -0.05) is 35.6 Å². The number of para-hydroxylation sites is 1. The van der Waals surface area contributed by atoms with Gasteiger partial charge in [-0.2, -0.15) is 0 Å². The van der Waals surface area contributed by atoms with Gasteiger partial charge in [0.2, 0.25) is 5.13 Å². The van der Waals surface area contributed by atoms with Gasteiger partial charge in [-0.25, -0.2) is 0 Å². The molecule has 0 atom stereocenters. The van der Waals surface area contributed by atoms with Gasteiger partial charge in [0.25, 0.3) is 0 Å². The van der Waals surface area contributed by atoms with E-state index in [0.29, 0.717) is 6.54 Å². The van der Waals surface area contributed by atoms with Crippen LogP contribution in [0.1, 0.15) is 10.6 Å². The molecule has 0 aliphatic heterocycles. The first-order valence-electron chi connectivity index (χ1n) is 5.69. The van der Waals surface area contributed by atoms with E-state index in [-0.39, 0.29) is 0 Å². The normalized spacial score (nSPS) is 10.7. The van der Waals surface area contributed by atoms with Crippen LogP contribution in [0.2, 0.25) is 0 Å². The molecule has 0 aliphatic carbocycles. The summed E-state index contributed by atoms with van der Waals surface area (Å²) in [6.07, 6.45) is 1.82. The average molecular weight is 256 g/mol. The van der Waals surface area contributed by atoms with E-state index in [4.69, 9.17) is 0 Å². The zero-order valence-corrected chi connectivity index (χ0v) is 10.7. The van der Waals surface area contributed by atoms with Gasteiger partial charge in [-0.15, -0.1) is 10.2 Å². The van der Waals surface area contributed by atoms with Crippen LogP contribution in [0.25, 0.3) is 10.9 Å². The quantitative estimate of drug-likeness (QED) is 0.782. The summed E-state index contributed by atoms with van der Waals surface area (Å²) in [7, 11) is 0. The van der Waals surface area contributed by atoms with Crippen molar-refractivity contribution in [1.29, 1.82) is 0 Å². The van der Waals surface area contributed by atoms with Crippen LogP contribution in [0.3, 0.4) is 0 Å². The van der Waals surface area contributed by atoms with Crippen molar-refractivity contribution >= 4 is 27.4 Å². The maximum atomic E-state index is 4.43. The lowest BCUT2D eigenvalue weighted by Crippen LogP contribution is -2.00. The standard InChI is InChI=1S/C13H12N4S/c1-9-16-17-13(18-9)15-8-11-5-2-4-10-6-3-7-14-12(10)11/h2-7H,8H2,1H3,(H,15,17). The molecule has 90 valence electrons. The Kier molecular flexibility index (Phi) is 2.90. The van der Waals surface area contributed by atoms with Crippen LogP contribution < -0.4 is 5.32 Å². The maximum absolute atomic E-state index is 4.43. The van der Waals surface area contributed by atoms with Crippen molar-refractivity contribution < 1.29 is 0 Å². The van der Waals surface area contributed by atoms with Crippen molar-refractivity contribution in [2.75, 3.05) is 5.32 Å². The van der Waals surface area contributed by atoms with E-state index in [1.165, 1.54) is 5.56 Å². The fourth-order valence-electron chi connectivity index (χ4n) is 1.85. The van der Waals surface area contributed by atoms with Gasteiger partial charge in [0, 0.05) is 18.1 Å². The van der Waals surface area contributed by atoms with Crippen molar-refractivity contribution in [3.8, 4) is 0 Å². The highest BCUT2D eigenvalue weighted by atomic mass is 32.1. The minimum Gasteiger partial charge on any atom is -0.356 e. The number of benzene rings is 1. The molecule has 2 heterocycles. The molecular weight excluding hydrogens is 244 g/mol. The molecule has 2 aromatic heterocycles. The summed E-state index contributed by atoms with van der Waals surface area (Å²) < 4.78 is 0. The van der Waals surface area contributed by atoms with Crippen molar-refractivity contribution in [2.45, 2.75) is 13.5 Å². The van der Waals surface area contributed by atoms with Crippen molar-refractivity contribution in [3.63, 3.8) is 0 Å². The second kappa shape index (κ2) is 4.70. The zero-order chi connectivity index (χ0) is 12.4. The minimum absolute atomic E-state index is 0.711. The van der Waals surface area contributed by atoms with E-state index in [1.54, 1.807) is 11.3 Å². The van der Waals surface area contributed by atoms with Crippen LogP contribution in [0.15, 0.2) is 36.5 Å². The molecule has 4 nitrogen and oxygen atoms in total. The largest absolute Gasteiger partial charge is 0.356 e. The number of nitrogens with zero attached hydrogens (tertiary/aromatic N) is 3. The van der Waals surface area contributed by atoms with Gasteiger partial charge in [-0.3, -0.25) is 4.98 Å². The Balaban J connectivity index is 1.86. The lowest BCUT2D eigenvalue weighted by Gasteiger charge is -2.05. The summed E-state index contributed by atoms with van der Waals surface area (Å²) in [6, 6.07) is 10.2. The number of hydrogen-bond donors (Lipinski definition) is 1. The number of nitrogens with one attached hydrogen (secondary N) is 1. The van der Waals surface area contributed by atoms with Gasteiger partial charge in [0.15, 0.2) is 0 Å². The molecule has 18 heavy (non-hydrogen) atoms. The van der Waals surface area contributed by atoms with E-state index in [2.05, 4.69) is 38.7 Å². The molecule has 0 saturated carbocycles. The Morgan fingerprint density at radius 1 is 1.17 bits per heavy atom. The summed E-state index contributed by atoms with van der Waals surface area (Å²) >= 11 is 1.56. The molecule has 3 aromatic rings. The number of pyridine rings is 1. The van der Waals surface area contributed by atoms with Gasteiger partial charge < -0.3 is 5.32 Å². The van der Waals surface area contributed by atoms with E-state index >= 15 is 0 Å². The first-order valence-corrected chi connectivity index (χ1v) is 6.51. The van der Waals surface area contributed by atoms with Crippen LogP contribution in [-0.2, 0) is 6.54 Å². The molecule has 1 aromatic carbocycles. The first-order chi connectivity index (χ1) is 8.83. The number of aromatic nitrogens is 3. The van der Waals surface area contributed by atoms with E-state index in [9.17, 15) is 0 Å². The Labute approximate surface area is 109 Å². The predicted octanol–water partition coefficient (Wildman–Crippen LogP) is 3.01. The van der Waals surface area contributed by atoms with Crippen LogP contribution in [0.4, 0.5) is 5.13 Å². The molecule has 3 rings (SSSR count). The fraction of sp³-hybridized carbons (Fsp3) is 0.154. The van der Waals surface area contributed by atoms with Crippen LogP contribution >= 0.6 is 11.3 Å². The fourth-order valence-corrected chi connectivity index (χ4v) is 2.44. The number of anilines is 1. The van der Waals surface area contributed by atoms with Gasteiger partial charge in [-0.05, 0) is 18.6 Å². The highest BCUT2D eigenvalue weighted by molar-refractivity contribution is 7.15. The lowest BCUT2D eigenvalue weighted by atomic mass is 10.1. The van der Waals surface area contributed by atoms with E-state index < -0.39 is 0 Å². The molecule has 1 N–H and O–H groups in total. The maximum Gasteiger partial charge on any atom is 0.205 e. The third-order valence-corrected chi connectivity index (χ3v) is 3.47. The summed E-state index contributed by atoms with van der Waals surface area (Å²) in [5, 5.41) is 14.3. The number of hydrogen-bond acceptors (Lipinski definition) is 5. The molecule has 0 radical (unpaired) electrons. The number of rotatable bonds is 3. The molecular formula is C13H12N4S. The van der Waals surface area contributed by atoms with Crippen LogP contribution in [0, 0.1) is 6.92 Å². The smallest absolute Gasteiger partial charge is 0.205 e. The van der Waals surface area contributed by atoms with Gasteiger partial charge in [0.1, 0.15) is 5.01 Å². The van der Waals surface area contributed by atoms with Gasteiger partial charge in [0.05, 0.1) is 5.52 Å². The summed E-state index contributed by atoms with van der Waals surface area (Å²) in [6.45, 7) is 2.66. The molecule has 0 saturated heterocycles. The third-order valence-electron chi connectivity index (χ3n) is 2.67. The minimum atomic E-state index is 0.711. The zero-order valence-electron chi connectivity index (χ0n) is 9.92. The molecule has 0 aliphatic rings. The number of fused-ring (bicyclic) bond motifs is 1. The SMILES string of the molecule is Cc1nnc(NCc2cccc3cccnc23)s1. The average Bonchev–Trinajstić information content (AvgIpc) is 2.82. The summed E-state index contributed by atoms with van der Waals surface area (Å²) in [5.41, 5.74) is 2.20. The Bertz CT molecular complexity index is 672. The van der Waals surface area contributed by atoms with Crippen molar-refractivity contribution in [2.24, 2.45) is 0 Å².